The minimum atomic E-state index is 0.0970. The third-order valence-corrected chi connectivity index (χ3v) is 3.42. The Kier molecular flexibility index (Phi) is 8.25. The van der Waals surface area contributed by atoms with Gasteiger partial charge in [0.15, 0.2) is 5.78 Å². The normalized spacial score (nSPS) is 9.79. The van der Waals surface area contributed by atoms with E-state index in [9.17, 15) is 4.79 Å². The third-order valence-electron chi connectivity index (χ3n) is 2.93. The number of rotatable bonds is 7. The lowest BCUT2D eigenvalue weighted by atomic mass is 10.1. The Morgan fingerprint density at radius 1 is 1.16 bits per heavy atom. The fraction of sp³-hybridized carbons (Fsp3) is 0.471. The molecule has 2 heteroatoms. The number of Topliss-reactive ketones (excluding diaryl/α,β-unsaturated/α-hetero) is 1. The van der Waals surface area contributed by atoms with Crippen molar-refractivity contribution < 1.29 is 4.79 Å². The van der Waals surface area contributed by atoms with Gasteiger partial charge in [-0.15, -0.1) is 5.92 Å². The van der Waals surface area contributed by atoms with Crippen LogP contribution in [0.5, 0.6) is 0 Å². The Hall–Kier alpha value is -1.07. The summed E-state index contributed by atoms with van der Waals surface area (Å²) in [6.07, 6.45) is 7.53. The molecule has 0 saturated carbocycles. The Labute approximate surface area is 124 Å². The van der Waals surface area contributed by atoms with Gasteiger partial charge in [-0.05, 0) is 18.6 Å². The van der Waals surface area contributed by atoms with Crippen LogP contribution >= 0.6 is 15.9 Å². The largest absolute Gasteiger partial charge is 0.293 e. The van der Waals surface area contributed by atoms with Gasteiger partial charge in [0.05, 0.1) is 6.42 Å². The van der Waals surface area contributed by atoms with E-state index >= 15 is 0 Å². The average Bonchev–Trinajstić information content (AvgIpc) is 2.41. The van der Waals surface area contributed by atoms with Crippen LogP contribution in [0, 0.1) is 11.8 Å². The highest BCUT2D eigenvalue weighted by molar-refractivity contribution is 9.10. The molecule has 0 spiro atoms. The first kappa shape index (κ1) is 16.0. The lowest BCUT2D eigenvalue weighted by Gasteiger charge is -1.97. The minimum absolute atomic E-state index is 0.0970. The monoisotopic (exact) mass is 320 g/mol. The number of ketones is 1. The Bertz CT molecular complexity index is 454. The molecule has 0 fully saturated rings. The number of carbonyl (C=O) groups excluding carboxylic acids is 1. The van der Waals surface area contributed by atoms with E-state index in [4.69, 9.17) is 0 Å². The Balaban J connectivity index is 2.24. The van der Waals surface area contributed by atoms with E-state index in [1.54, 1.807) is 0 Å². The van der Waals surface area contributed by atoms with E-state index in [1.165, 1.54) is 25.7 Å². The van der Waals surface area contributed by atoms with Crippen LogP contribution in [0.4, 0.5) is 0 Å². The Morgan fingerprint density at radius 2 is 1.95 bits per heavy atom. The fourth-order valence-electron chi connectivity index (χ4n) is 1.81. The number of hydrogen-bond donors (Lipinski definition) is 0. The van der Waals surface area contributed by atoms with Crippen LogP contribution in [0.1, 0.15) is 62.2 Å². The van der Waals surface area contributed by atoms with Crippen molar-refractivity contribution in [2.75, 3.05) is 0 Å². The van der Waals surface area contributed by atoms with Crippen molar-refractivity contribution in [1.29, 1.82) is 0 Å². The number of benzene rings is 1. The van der Waals surface area contributed by atoms with Gasteiger partial charge in [0.1, 0.15) is 0 Å². The van der Waals surface area contributed by atoms with E-state index < -0.39 is 0 Å². The van der Waals surface area contributed by atoms with Crippen molar-refractivity contribution in [1.82, 2.24) is 0 Å². The first-order chi connectivity index (χ1) is 9.24. The quantitative estimate of drug-likeness (QED) is 0.374. The van der Waals surface area contributed by atoms with Gasteiger partial charge in [-0.25, -0.2) is 0 Å². The summed E-state index contributed by atoms with van der Waals surface area (Å²) in [7, 11) is 0. The summed E-state index contributed by atoms with van der Waals surface area (Å²) < 4.78 is 0.933. The molecule has 0 radical (unpaired) electrons. The van der Waals surface area contributed by atoms with E-state index in [1.807, 2.05) is 24.3 Å². The van der Waals surface area contributed by atoms with Gasteiger partial charge in [-0.2, -0.15) is 0 Å². The topological polar surface area (TPSA) is 17.1 Å². The average molecular weight is 321 g/mol. The number of hydrogen-bond acceptors (Lipinski definition) is 1. The molecule has 1 aromatic carbocycles. The molecule has 0 heterocycles. The highest BCUT2D eigenvalue weighted by Gasteiger charge is 2.03. The summed E-state index contributed by atoms with van der Waals surface area (Å²) in [5, 5.41) is 0. The molecule has 0 unspecified atom stereocenters. The molecule has 0 aliphatic heterocycles. The molecular weight excluding hydrogens is 300 g/mol. The standard InChI is InChI=1S/C17H21BrO/c1-2-3-4-5-6-7-8-9-13-17(19)15-11-10-12-16(18)14-15/h10-12,14H,2-7,13H2,1H3. The maximum atomic E-state index is 11.8. The molecule has 0 aromatic heterocycles. The minimum Gasteiger partial charge on any atom is -0.293 e. The highest BCUT2D eigenvalue weighted by atomic mass is 79.9. The maximum absolute atomic E-state index is 11.8. The van der Waals surface area contributed by atoms with Crippen LogP contribution in [-0.4, -0.2) is 5.78 Å². The summed E-state index contributed by atoms with van der Waals surface area (Å²) in [6, 6.07) is 7.46. The Morgan fingerprint density at radius 3 is 2.68 bits per heavy atom. The summed E-state index contributed by atoms with van der Waals surface area (Å²) >= 11 is 3.37. The van der Waals surface area contributed by atoms with Crippen LogP contribution in [0.15, 0.2) is 28.7 Å². The molecule has 0 amide bonds. The first-order valence-corrected chi connectivity index (χ1v) is 7.78. The first-order valence-electron chi connectivity index (χ1n) is 6.98. The molecule has 1 nitrogen and oxygen atoms in total. The van der Waals surface area contributed by atoms with E-state index in [0.717, 1.165) is 22.9 Å². The predicted molar refractivity (Wildman–Crippen MR) is 84.2 cm³/mol. The van der Waals surface area contributed by atoms with Crippen LogP contribution in [0.25, 0.3) is 0 Å². The van der Waals surface area contributed by atoms with Crippen LogP contribution in [-0.2, 0) is 0 Å². The highest BCUT2D eigenvalue weighted by Crippen LogP contribution is 2.13. The molecule has 1 rings (SSSR count). The summed E-state index contributed by atoms with van der Waals surface area (Å²) in [5.41, 5.74) is 0.728. The van der Waals surface area contributed by atoms with Crippen molar-refractivity contribution in [3.63, 3.8) is 0 Å². The van der Waals surface area contributed by atoms with Gasteiger partial charge in [0.25, 0.3) is 0 Å². The van der Waals surface area contributed by atoms with Gasteiger partial charge < -0.3 is 0 Å². The van der Waals surface area contributed by atoms with E-state index in [-0.39, 0.29) is 5.78 Å². The van der Waals surface area contributed by atoms with Crippen LogP contribution in [0.3, 0.4) is 0 Å². The lowest BCUT2D eigenvalue weighted by molar-refractivity contribution is 0.0998. The second-order valence-electron chi connectivity index (χ2n) is 4.63. The zero-order valence-electron chi connectivity index (χ0n) is 11.5. The molecule has 19 heavy (non-hydrogen) atoms. The second kappa shape index (κ2) is 9.81. The molecular formula is C17H21BrO. The SMILES string of the molecule is CCCCCCCC#CCC(=O)c1cccc(Br)c1. The van der Waals surface area contributed by atoms with Crippen molar-refractivity contribution in [2.45, 2.75) is 51.9 Å². The van der Waals surface area contributed by atoms with Gasteiger partial charge in [0, 0.05) is 16.5 Å². The molecule has 0 atom stereocenters. The fourth-order valence-corrected chi connectivity index (χ4v) is 2.21. The van der Waals surface area contributed by atoms with E-state index in [0.29, 0.717) is 6.42 Å². The number of carbonyl (C=O) groups is 1. The van der Waals surface area contributed by atoms with Crippen LogP contribution in [0.2, 0.25) is 0 Å². The third kappa shape index (κ3) is 7.18. The predicted octanol–water partition coefficient (Wildman–Crippen LogP) is 5.39. The van der Waals surface area contributed by atoms with Crippen molar-refractivity contribution in [2.24, 2.45) is 0 Å². The summed E-state index contributed by atoms with van der Waals surface area (Å²) in [4.78, 5) is 11.8. The molecule has 1 aromatic rings. The zero-order valence-corrected chi connectivity index (χ0v) is 13.1. The van der Waals surface area contributed by atoms with Crippen molar-refractivity contribution in [3.8, 4) is 11.8 Å². The maximum Gasteiger partial charge on any atom is 0.174 e. The van der Waals surface area contributed by atoms with Crippen LogP contribution < -0.4 is 0 Å². The molecule has 0 aliphatic rings. The van der Waals surface area contributed by atoms with Crippen molar-refractivity contribution in [3.05, 3.63) is 34.3 Å². The number of unbranched alkanes of at least 4 members (excludes halogenated alkanes) is 5. The number of halogens is 1. The van der Waals surface area contributed by atoms with Gasteiger partial charge >= 0.3 is 0 Å². The lowest BCUT2D eigenvalue weighted by Crippen LogP contribution is -1.96. The van der Waals surface area contributed by atoms with Crippen molar-refractivity contribution >= 4 is 21.7 Å². The molecule has 0 aliphatic carbocycles. The smallest absolute Gasteiger partial charge is 0.174 e. The molecule has 0 saturated heterocycles. The zero-order chi connectivity index (χ0) is 13.9. The molecule has 0 N–H and O–H groups in total. The summed E-state index contributed by atoms with van der Waals surface area (Å²) in [5.74, 6) is 6.17. The van der Waals surface area contributed by atoms with Gasteiger partial charge in [0.2, 0.25) is 0 Å². The molecule has 0 bridgehead atoms. The van der Waals surface area contributed by atoms with E-state index in [2.05, 4.69) is 34.7 Å². The summed E-state index contributed by atoms with van der Waals surface area (Å²) in [6.45, 7) is 2.22. The molecule has 102 valence electrons. The second-order valence-corrected chi connectivity index (χ2v) is 5.54. The van der Waals surface area contributed by atoms with Gasteiger partial charge in [-0.3, -0.25) is 4.79 Å². The van der Waals surface area contributed by atoms with Gasteiger partial charge in [-0.1, -0.05) is 66.6 Å².